The number of rotatable bonds is 4. The van der Waals surface area contributed by atoms with Gasteiger partial charge in [-0.15, -0.1) is 0 Å². The zero-order chi connectivity index (χ0) is 13.8. The summed E-state index contributed by atoms with van der Waals surface area (Å²) in [5.41, 5.74) is 1.15. The summed E-state index contributed by atoms with van der Waals surface area (Å²) in [7, 11) is 0. The van der Waals surface area contributed by atoms with Crippen LogP contribution in [0, 0.1) is 5.92 Å². The molecular weight excluding hydrogens is 246 g/mol. The lowest BCUT2D eigenvalue weighted by molar-refractivity contribution is 0.483. The van der Waals surface area contributed by atoms with Crippen LogP contribution >= 0.6 is 0 Å². The summed E-state index contributed by atoms with van der Waals surface area (Å²) in [6.45, 7) is 2.33. The Hall–Kier alpha value is -1.96. The second-order valence-corrected chi connectivity index (χ2v) is 5.70. The third kappa shape index (κ3) is 3.32. The molecule has 0 bridgehead atoms. The first-order chi connectivity index (χ1) is 9.79. The van der Waals surface area contributed by atoms with E-state index >= 15 is 0 Å². The van der Waals surface area contributed by atoms with Crippen LogP contribution in [0.1, 0.15) is 26.2 Å². The summed E-state index contributed by atoms with van der Waals surface area (Å²) < 4.78 is 5.86. The topological polar surface area (TPSA) is 21.3 Å². The van der Waals surface area contributed by atoms with E-state index in [4.69, 9.17) is 4.74 Å². The molecule has 0 radical (unpaired) electrons. The van der Waals surface area contributed by atoms with Gasteiger partial charge in [0.1, 0.15) is 11.5 Å². The molecule has 1 N–H and O–H groups in total. The highest BCUT2D eigenvalue weighted by Gasteiger charge is 2.20. The highest BCUT2D eigenvalue weighted by molar-refractivity contribution is 5.50. The fraction of sp³-hybridized carbons (Fsp3) is 0.333. The molecule has 2 nitrogen and oxygen atoms in total. The molecule has 2 atom stereocenters. The van der Waals surface area contributed by atoms with Crippen LogP contribution in [0.15, 0.2) is 54.6 Å². The quantitative estimate of drug-likeness (QED) is 0.834. The molecule has 1 aliphatic rings. The van der Waals surface area contributed by atoms with Crippen LogP contribution in [0.5, 0.6) is 11.5 Å². The van der Waals surface area contributed by atoms with Gasteiger partial charge in [0.05, 0.1) is 0 Å². The van der Waals surface area contributed by atoms with Gasteiger partial charge >= 0.3 is 0 Å². The number of ether oxygens (including phenoxy) is 1. The van der Waals surface area contributed by atoms with Gasteiger partial charge in [-0.25, -0.2) is 0 Å². The predicted molar refractivity (Wildman–Crippen MR) is 83.4 cm³/mol. The van der Waals surface area contributed by atoms with Crippen molar-refractivity contribution in [3.05, 3.63) is 54.6 Å². The molecule has 1 aliphatic carbocycles. The summed E-state index contributed by atoms with van der Waals surface area (Å²) in [4.78, 5) is 0. The normalized spacial score (nSPS) is 21.6. The van der Waals surface area contributed by atoms with Crippen LogP contribution < -0.4 is 10.1 Å². The molecule has 2 aromatic carbocycles. The smallest absolute Gasteiger partial charge is 0.129 e. The van der Waals surface area contributed by atoms with Crippen molar-refractivity contribution in [2.75, 3.05) is 5.32 Å². The van der Waals surface area contributed by atoms with E-state index in [1.807, 2.05) is 42.5 Å². The number of hydrogen-bond donors (Lipinski definition) is 1. The van der Waals surface area contributed by atoms with E-state index in [1.54, 1.807) is 0 Å². The fourth-order valence-corrected chi connectivity index (χ4v) is 2.85. The number of hydrogen-bond acceptors (Lipinski definition) is 2. The van der Waals surface area contributed by atoms with Crippen molar-refractivity contribution in [2.24, 2.45) is 5.92 Å². The largest absolute Gasteiger partial charge is 0.457 e. The Labute approximate surface area is 120 Å². The van der Waals surface area contributed by atoms with Gasteiger partial charge in [0.25, 0.3) is 0 Å². The van der Waals surface area contributed by atoms with E-state index < -0.39 is 0 Å². The summed E-state index contributed by atoms with van der Waals surface area (Å²) >= 11 is 0. The van der Waals surface area contributed by atoms with Crippen molar-refractivity contribution < 1.29 is 4.74 Å². The van der Waals surface area contributed by atoms with Gasteiger partial charge in [0.15, 0.2) is 0 Å². The minimum Gasteiger partial charge on any atom is -0.457 e. The van der Waals surface area contributed by atoms with Crippen molar-refractivity contribution in [1.82, 2.24) is 0 Å². The first-order valence-electron chi connectivity index (χ1n) is 7.39. The molecule has 0 aromatic heterocycles. The zero-order valence-electron chi connectivity index (χ0n) is 11.9. The predicted octanol–water partition coefficient (Wildman–Crippen LogP) is 5.08. The van der Waals surface area contributed by atoms with Crippen LogP contribution in [-0.2, 0) is 0 Å². The van der Waals surface area contributed by atoms with Gasteiger partial charge in [-0.1, -0.05) is 31.2 Å². The maximum atomic E-state index is 5.86. The first-order valence-corrected chi connectivity index (χ1v) is 7.39. The standard InChI is InChI=1S/C18H21NO/c1-14-10-11-16(12-14)19-15-6-5-9-18(13-15)20-17-7-3-2-4-8-17/h2-9,13-14,16,19H,10-12H2,1H3. The van der Waals surface area contributed by atoms with Gasteiger partial charge in [-0.3, -0.25) is 0 Å². The van der Waals surface area contributed by atoms with E-state index in [2.05, 4.69) is 24.4 Å². The third-order valence-electron chi connectivity index (χ3n) is 3.88. The molecule has 0 saturated heterocycles. The van der Waals surface area contributed by atoms with Gasteiger partial charge < -0.3 is 10.1 Å². The minimum absolute atomic E-state index is 0.608. The second-order valence-electron chi connectivity index (χ2n) is 5.70. The summed E-state index contributed by atoms with van der Waals surface area (Å²) in [6.07, 6.45) is 3.87. The molecule has 0 aliphatic heterocycles. The average molecular weight is 267 g/mol. The average Bonchev–Trinajstić information content (AvgIpc) is 2.86. The number of benzene rings is 2. The molecule has 104 valence electrons. The molecule has 0 amide bonds. The Morgan fingerprint density at radius 1 is 0.950 bits per heavy atom. The molecular formula is C18H21NO. The zero-order valence-corrected chi connectivity index (χ0v) is 11.9. The molecule has 1 fully saturated rings. The maximum absolute atomic E-state index is 5.86. The van der Waals surface area contributed by atoms with Gasteiger partial charge in [-0.2, -0.15) is 0 Å². The number of nitrogens with one attached hydrogen (secondary N) is 1. The minimum atomic E-state index is 0.608. The molecule has 2 unspecified atom stereocenters. The molecule has 1 saturated carbocycles. The molecule has 3 rings (SSSR count). The fourth-order valence-electron chi connectivity index (χ4n) is 2.85. The van der Waals surface area contributed by atoms with Gasteiger partial charge in [-0.05, 0) is 49.4 Å². The van der Waals surface area contributed by atoms with E-state index in [1.165, 1.54) is 19.3 Å². The van der Waals surface area contributed by atoms with Crippen LogP contribution in [0.25, 0.3) is 0 Å². The molecule has 0 spiro atoms. The Morgan fingerprint density at radius 2 is 1.75 bits per heavy atom. The summed E-state index contributed by atoms with van der Waals surface area (Å²) in [5.74, 6) is 2.60. The van der Waals surface area contributed by atoms with Crippen molar-refractivity contribution in [3.8, 4) is 11.5 Å². The summed E-state index contributed by atoms with van der Waals surface area (Å²) in [6, 6.07) is 18.7. The monoisotopic (exact) mass is 267 g/mol. The van der Waals surface area contributed by atoms with E-state index in [0.717, 1.165) is 23.1 Å². The highest BCUT2D eigenvalue weighted by Crippen LogP contribution is 2.29. The Balaban J connectivity index is 1.67. The molecule has 20 heavy (non-hydrogen) atoms. The van der Waals surface area contributed by atoms with Gasteiger partial charge in [0, 0.05) is 17.8 Å². The van der Waals surface area contributed by atoms with Crippen LogP contribution in [0.3, 0.4) is 0 Å². The number of para-hydroxylation sites is 1. The summed E-state index contributed by atoms with van der Waals surface area (Å²) in [5, 5.41) is 3.62. The van der Waals surface area contributed by atoms with Crippen molar-refractivity contribution in [3.63, 3.8) is 0 Å². The van der Waals surface area contributed by atoms with E-state index in [-0.39, 0.29) is 0 Å². The Bertz CT molecular complexity index is 552. The highest BCUT2D eigenvalue weighted by atomic mass is 16.5. The van der Waals surface area contributed by atoms with Crippen LogP contribution in [-0.4, -0.2) is 6.04 Å². The SMILES string of the molecule is CC1CCC(Nc2cccc(Oc3ccccc3)c2)C1. The van der Waals surface area contributed by atoms with Crippen LogP contribution in [0.4, 0.5) is 5.69 Å². The van der Waals surface area contributed by atoms with Crippen LogP contribution in [0.2, 0.25) is 0 Å². The van der Waals surface area contributed by atoms with E-state index in [9.17, 15) is 0 Å². The van der Waals surface area contributed by atoms with Crippen molar-refractivity contribution in [2.45, 2.75) is 32.2 Å². The first kappa shape index (κ1) is 13.0. The molecule has 2 aromatic rings. The lowest BCUT2D eigenvalue weighted by atomic mass is 10.1. The van der Waals surface area contributed by atoms with Gasteiger partial charge in [0.2, 0.25) is 0 Å². The molecule has 2 heteroatoms. The Morgan fingerprint density at radius 3 is 2.50 bits per heavy atom. The lowest BCUT2D eigenvalue weighted by Gasteiger charge is -2.15. The maximum Gasteiger partial charge on any atom is 0.129 e. The third-order valence-corrected chi connectivity index (χ3v) is 3.88. The second kappa shape index (κ2) is 6.00. The van der Waals surface area contributed by atoms with Crippen molar-refractivity contribution in [1.29, 1.82) is 0 Å². The Kier molecular flexibility index (Phi) is 3.91. The molecule has 0 heterocycles. The lowest BCUT2D eigenvalue weighted by Crippen LogP contribution is -2.15. The number of anilines is 1. The van der Waals surface area contributed by atoms with E-state index in [0.29, 0.717) is 6.04 Å². The van der Waals surface area contributed by atoms with Crippen molar-refractivity contribution >= 4 is 5.69 Å².